The number of hydrogen-bond donors (Lipinski definition) is 1. The first-order chi connectivity index (χ1) is 8.24. The summed E-state index contributed by atoms with van der Waals surface area (Å²) in [6.45, 7) is 0. The number of benzene rings is 2. The summed E-state index contributed by atoms with van der Waals surface area (Å²) in [5.41, 5.74) is 9.00. The van der Waals surface area contributed by atoms with Crippen LogP contribution in [0.4, 0.5) is 5.69 Å². The van der Waals surface area contributed by atoms with Gasteiger partial charge in [-0.1, -0.05) is 12.1 Å². The van der Waals surface area contributed by atoms with Crippen LogP contribution in [0.5, 0.6) is 11.5 Å². The van der Waals surface area contributed by atoms with Gasteiger partial charge in [0.05, 0.1) is 4.47 Å². The molecular formula is C14H12BrNO. The second-order valence-electron chi connectivity index (χ2n) is 4.20. The molecule has 3 heteroatoms. The summed E-state index contributed by atoms with van der Waals surface area (Å²) in [6, 6.07) is 12.0. The summed E-state index contributed by atoms with van der Waals surface area (Å²) < 4.78 is 6.99. The third kappa shape index (κ3) is 1.91. The molecule has 0 saturated heterocycles. The van der Waals surface area contributed by atoms with Gasteiger partial charge in [-0.25, -0.2) is 0 Å². The van der Waals surface area contributed by atoms with E-state index in [2.05, 4.69) is 22.0 Å². The lowest BCUT2D eigenvalue weighted by atomic mass is 10.0. The minimum absolute atomic E-state index is 0.789. The van der Waals surface area contributed by atoms with Gasteiger partial charge >= 0.3 is 0 Å². The first-order valence-corrected chi connectivity index (χ1v) is 6.37. The molecule has 2 aromatic rings. The molecule has 0 bridgehead atoms. The maximum atomic E-state index is 5.99. The van der Waals surface area contributed by atoms with E-state index in [1.54, 1.807) is 0 Å². The van der Waals surface area contributed by atoms with Gasteiger partial charge in [0.2, 0.25) is 0 Å². The van der Waals surface area contributed by atoms with Crippen molar-refractivity contribution in [1.29, 1.82) is 0 Å². The summed E-state index contributed by atoms with van der Waals surface area (Å²) in [7, 11) is 0. The van der Waals surface area contributed by atoms with E-state index in [0.717, 1.165) is 34.5 Å². The first-order valence-electron chi connectivity index (χ1n) is 5.58. The van der Waals surface area contributed by atoms with Crippen molar-refractivity contribution in [2.75, 3.05) is 5.73 Å². The third-order valence-corrected chi connectivity index (χ3v) is 3.63. The maximum Gasteiger partial charge on any atom is 0.144 e. The van der Waals surface area contributed by atoms with Crippen LogP contribution >= 0.6 is 15.9 Å². The molecule has 0 radical (unpaired) electrons. The number of ether oxygens (including phenoxy) is 1. The number of nitrogens with two attached hydrogens (primary N) is 1. The molecule has 1 aliphatic heterocycles. The van der Waals surface area contributed by atoms with E-state index in [9.17, 15) is 0 Å². The number of hydrogen-bond acceptors (Lipinski definition) is 2. The van der Waals surface area contributed by atoms with E-state index >= 15 is 0 Å². The first kappa shape index (κ1) is 10.7. The summed E-state index contributed by atoms with van der Waals surface area (Å²) in [5, 5.41) is 0. The Kier molecular flexibility index (Phi) is 2.56. The molecule has 86 valence electrons. The molecule has 0 aromatic heterocycles. The number of fused-ring (bicyclic) bond motifs is 2. The Morgan fingerprint density at radius 3 is 2.76 bits per heavy atom. The molecule has 17 heavy (non-hydrogen) atoms. The Morgan fingerprint density at radius 1 is 1.06 bits per heavy atom. The van der Waals surface area contributed by atoms with Crippen LogP contribution in [0.1, 0.15) is 11.1 Å². The number of nitrogen functional groups attached to an aromatic ring is 1. The molecule has 2 N–H and O–H groups in total. The zero-order valence-corrected chi connectivity index (χ0v) is 10.8. The highest BCUT2D eigenvalue weighted by atomic mass is 79.9. The molecule has 2 nitrogen and oxygen atoms in total. The molecule has 1 aliphatic rings. The van der Waals surface area contributed by atoms with Gasteiger partial charge in [0.1, 0.15) is 11.5 Å². The zero-order chi connectivity index (χ0) is 11.8. The Balaban J connectivity index is 2.12. The molecule has 0 amide bonds. The third-order valence-electron chi connectivity index (χ3n) is 3.01. The van der Waals surface area contributed by atoms with Crippen molar-refractivity contribution in [2.24, 2.45) is 0 Å². The summed E-state index contributed by atoms with van der Waals surface area (Å²) in [4.78, 5) is 0. The number of rotatable bonds is 0. The fourth-order valence-electron chi connectivity index (χ4n) is 2.14. The lowest BCUT2D eigenvalue weighted by Gasteiger charge is -2.10. The normalized spacial score (nSPS) is 13.2. The molecule has 0 spiro atoms. The van der Waals surface area contributed by atoms with Crippen LogP contribution in [-0.2, 0) is 12.8 Å². The van der Waals surface area contributed by atoms with Gasteiger partial charge in [-0.3, -0.25) is 0 Å². The number of anilines is 1. The van der Waals surface area contributed by atoms with Crippen molar-refractivity contribution in [3.8, 4) is 11.5 Å². The molecule has 0 aliphatic carbocycles. The lowest BCUT2D eigenvalue weighted by molar-refractivity contribution is 0.476. The molecule has 0 unspecified atom stereocenters. The number of para-hydroxylation sites is 1. The number of halogens is 1. The quantitative estimate of drug-likeness (QED) is 0.746. The molecule has 0 atom stereocenters. The fourth-order valence-corrected chi connectivity index (χ4v) is 2.63. The summed E-state index contributed by atoms with van der Waals surface area (Å²) in [6.07, 6.45) is 1.94. The Bertz CT molecular complexity index is 580. The van der Waals surface area contributed by atoms with Crippen LogP contribution in [0.2, 0.25) is 0 Å². The molecule has 2 aromatic carbocycles. The summed E-state index contributed by atoms with van der Waals surface area (Å²) >= 11 is 3.53. The highest BCUT2D eigenvalue weighted by molar-refractivity contribution is 9.10. The highest BCUT2D eigenvalue weighted by Crippen LogP contribution is 2.38. The monoisotopic (exact) mass is 289 g/mol. The average Bonchev–Trinajstić information content (AvgIpc) is 2.49. The molecule has 3 rings (SSSR count). The van der Waals surface area contributed by atoms with Crippen LogP contribution in [0, 0.1) is 0 Å². The Morgan fingerprint density at radius 2 is 1.88 bits per heavy atom. The predicted octanol–water partition coefficient (Wildman–Crippen LogP) is 3.92. The molecule has 1 heterocycles. The molecule has 0 fully saturated rings. The standard InChI is InChI=1S/C14H12BrNO/c15-12-3-1-2-9-4-5-10-8-11(16)6-7-13(10)17-14(9)12/h1-3,6-8H,4-5,16H2. The molecular weight excluding hydrogens is 278 g/mol. The van der Waals surface area contributed by atoms with E-state index in [-0.39, 0.29) is 0 Å². The van der Waals surface area contributed by atoms with Crippen LogP contribution in [0.15, 0.2) is 40.9 Å². The van der Waals surface area contributed by atoms with Gasteiger partial charge in [0.15, 0.2) is 0 Å². The van der Waals surface area contributed by atoms with E-state index < -0.39 is 0 Å². The van der Waals surface area contributed by atoms with Crippen molar-refractivity contribution in [3.63, 3.8) is 0 Å². The van der Waals surface area contributed by atoms with Gasteiger partial charge in [0, 0.05) is 5.69 Å². The SMILES string of the molecule is Nc1ccc2c(c1)CCc1cccc(Br)c1O2. The van der Waals surface area contributed by atoms with Gasteiger partial charge in [0.25, 0.3) is 0 Å². The van der Waals surface area contributed by atoms with Crippen LogP contribution in [0.25, 0.3) is 0 Å². The molecule has 0 saturated carbocycles. The summed E-state index contributed by atoms with van der Waals surface area (Å²) in [5.74, 6) is 1.83. The maximum absolute atomic E-state index is 5.99. The Labute approximate surface area is 109 Å². The lowest BCUT2D eigenvalue weighted by Crippen LogP contribution is -1.92. The minimum atomic E-state index is 0.789. The number of aryl methyl sites for hydroxylation is 2. The smallest absolute Gasteiger partial charge is 0.144 e. The van der Waals surface area contributed by atoms with Crippen LogP contribution in [0.3, 0.4) is 0 Å². The van der Waals surface area contributed by atoms with E-state index in [4.69, 9.17) is 10.5 Å². The Hall–Kier alpha value is -1.48. The van der Waals surface area contributed by atoms with Gasteiger partial charge < -0.3 is 10.5 Å². The van der Waals surface area contributed by atoms with Crippen molar-refractivity contribution < 1.29 is 4.74 Å². The highest BCUT2D eigenvalue weighted by Gasteiger charge is 2.16. The fraction of sp³-hybridized carbons (Fsp3) is 0.143. The zero-order valence-electron chi connectivity index (χ0n) is 9.24. The van der Waals surface area contributed by atoms with Crippen LogP contribution < -0.4 is 10.5 Å². The van der Waals surface area contributed by atoms with E-state index in [1.165, 1.54) is 11.1 Å². The van der Waals surface area contributed by atoms with Gasteiger partial charge in [-0.05, 0) is 64.2 Å². The van der Waals surface area contributed by atoms with Crippen molar-refractivity contribution in [2.45, 2.75) is 12.8 Å². The van der Waals surface area contributed by atoms with Crippen molar-refractivity contribution in [1.82, 2.24) is 0 Å². The second-order valence-corrected chi connectivity index (χ2v) is 5.05. The van der Waals surface area contributed by atoms with Crippen molar-refractivity contribution in [3.05, 3.63) is 52.0 Å². The van der Waals surface area contributed by atoms with Crippen LogP contribution in [-0.4, -0.2) is 0 Å². The largest absolute Gasteiger partial charge is 0.456 e. The van der Waals surface area contributed by atoms with E-state index in [1.807, 2.05) is 30.3 Å². The second kappa shape index (κ2) is 4.08. The van der Waals surface area contributed by atoms with Crippen molar-refractivity contribution >= 4 is 21.6 Å². The van der Waals surface area contributed by atoms with Gasteiger partial charge in [-0.15, -0.1) is 0 Å². The predicted molar refractivity (Wildman–Crippen MR) is 72.5 cm³/mol. The van der Waals surface area contributed by atoms with Gasteiger partial charge in [-0.2, -0.15) is 0 Å². The topological polar surface area (TPSA) is 35.2 Å². The van der Waals surface area contributed by atoms with E-state index in [0.29, 0.717) is 0 Å². The average molecular weight is 290 g/mol. The minimum Gasteiger partial charge on any atom is -0.456 e.